The Hall–Kier alpha value is -2.68. The summed E-state index contributed by atoms with van der Waals surface area (Å²) in [7, 11) is 0. The van der Waals surface area contributed by atoms with Crippen LogP contribution >= 0.6 is 22.9 Å². The molecule has 1 aromatic heterocycles. The van der Waals surface area contributed by atoms with Gasteiger partial charge in [-0.15, -0.1) is 11.3 Å². The number of nitrogens with one attached hydrogen (secondary N) is 1. The van der Waals surface area contributed by atoms with Gasteiger partial charge in [0, 0.05) is 21.5 Å². The lowest BCUT2D eigenvalue weighted by molar-refractivity contribution is 0.102. The summed E-state index contributed by atoms with van der Waals surface area (Å²) in [5, 5.41) is 14.6. The standard InChI is InChI=1S/C17H10ClN3OS/c18-14-7-5-12(6-8-14)15-10-23-17(20-15)21-16(22)13-3-1-11(9-19)2-4-13/h1-8,10H,(H,20,21,22). The highest BCUT2D eigenvalue weighted by Gasteiger charge is 2.10. The second kappa shape index (κ2) is 6.61. The molecule has 112 valence electrons. The van der Waals surface area contributed by atoms with E-state index in [0.29, 0.717) is 21.3 Å². The molecule has 2 aromatic carbocycles. The Morgan fingerprint density at radius 2 is 1.83 bits per heavy atom. The van der Waals surface area contributed by atoms with Gasteiger partial charge in [0.05, 0.1) is 17.3 Å². The van der Waals surface area contributed by atoms with E-state index in [1.54, 1.807) is 36.4 Å². The zero-order chi connectivity index (χ0) is 16.2. The van der Waals surface area contributed by atoms with E-state index in [0.717, 1.165) is 11.3 Å². The van der Waals surface area contributed by atoms with E-state index in [2.05, 4.69) is 10.3 Å². The number of rotatable bonds is 3. The number of hydrogen-bond acceptors (Lipinski definition) is 4. The van der Waals surface area contributed by atoms with Gasteiger partial charge in [-0.3, -0.25) is 10.1 Å². The van der Waals surface area contributed by atoms with E-state index < -0.39 is 0 Å². The molecule has 4 nitrogen and oxygen atoms in total. The minimum atomic E-state index is -0.258. The van der Waals surface area contributed by atoms with E-state index in [4.69, 9.17) is 16.9 Å². The molecule has 0 unspecified atom stereocenters. The predicted octanol–water partition coefficient (Wildman–Crippen LogP) is 4.59. The molecule has 1 N–H and O–H groups in total. The van der Waals surface area contributed by atoms with E-state index in [-0.39, 0.29) is 5.91 Å². The van der Waals surface area contributed by atoms with Gasteiger partial charge in [-0.1, -0.05) is 23.7 Å². The first-order valence-electron chi connectivity index (χ1n) is 6.69. The molecule has 0 aliphatic heterocycles. The van der Waals surface area contributed by atoms with Crippen molar-refractivity contribution >= 4 is 34.0 Å². The monoisotopic (exact) mass is 339 g/mol. The Balaban J connectivity index is 1.74. The van der Waals surface area contributed by atoms with Crippen LogP contribution in [0.15, 0.2) is 53.9 Å². The number of benzene rings is 2. The van der Waals surface area contributed by atoms with E-state index in [9.17, 15) is 4.79 Å². The number of halogens is 1. The van der Waals surface area contributed by atoms with Crippen LogP contribution in [0, 0.1) is 11.3 Å². The van der Waals surface area contributed by atoms with Gasteiger partial charge in [0.1, 0.15) is 0 Å². The van der Waals surface area contributed by atoms with Gasteiger partial charge in [0.25, 0.3) is 5.91 Å². The van der Waals surface area contributed by atoms with Gasteiger partial charge in [0.15, 0.2) is 5.13 Å². The predicted molar refractivity (Wildman–Crippen MR) is 91.7 cm³/mol. The van der Waals surface area contributed by atoms with Crippen LogP contribution in [0.4, 0.5) is 5.13 Å². The lowest BCUT2D eigenvalue weighted by Crippen LogP contribution is -2.11. The quantitative estimate of drug-likeness (QED) is 0.759. The van der Waals surface area contributed by atoms with Gasteiger partial charge in [-0.05, 0) is 36.4 Å². The molecule has 0 bridgehead atoms. The van der Waals surface area contributed by atoms with Gasteiger partial charge in [-0.2, -0.15) is 5.26 Å². The van der Waals surface area contributed by atoms with Crippen LogP contribution in [-0.2, 0) is 0 Å². The topological polar surface area (TPSA) is 65.8 Å². The van der Waals surface area contributed by atoms with Crippen LogP contribution in [0.3, 0.4) is 0 Å². The van der Waals surface area contributed by atoms with Gasteiger partial charge < -0.3 is 0 Å². The molecule has 0 spiro atoms. The number of hydrogen-bond donors (Lipinski definition) is 1. The number of nitriles is 1. The molecular weight excluding hydrogens is 330 g/mol. The third-order valence-electron chi connectivity index (χ3n) is 3.14. The maximum absolute atomic E-state index is 12.2. The minimum absolute atomic E-state index is 0.258. The summed E-state index contributed by atoms with van der Waals surface area (Å²) in [6.45, 7) is 0. The Morgan fingerprint density at radius 1 is 1.13 bits per heavy atom. The third kappa shape index (κ3) is 3.57. The largest absolute Gasteiger partial charge is 0.298 e. The first-order chi connectivity index (χ1) is 11.2. The molecule has 6 heteroatoms. The smallest absolute Gasteiger partial charge is 0.257 e. The average molecular weight is 340 g/mol. The molecule has 0 saturated heterocycles. The molecule has 0 aliphatic carbocycles. The van der Waals surface area contributed by atoms with Crippen LogP contribution in [0.1, 0.15) is 15.9 Å². The summed E-state index contributed by atoms with van der Waals surface area (Å²) in [5.41, 5.74) is 2.71. The van der Waals surface area contributed by atoms with Crippen molar-refractivity contribution in [2.24, 2.45) is 0 Å². The van der Waals surface area contributed by atoms with Crippen molar-refractivity contribution in [3.8, 4) is 17.3 Å². The maximum atomic E-state index is 12.2. The number of carbonyl (C=O) groups is 1. The molecule has 0 saturated carbocycles. The zero-order valence-electron chi connectivity index (χ0n) is 11.8. The Morgan fingerprint density at radius 3 is 2.48 bits per heavy atom. The van der Waals surface area contributed by atoms with E-state index in [1.807, 2.05) is 23.6 Å². The molecule has 0 atom stereocenters. The van der Waals surface area contributed by atoms with Crippen molar-refractivity contribution in [1.29, 1.82) is 5.26 Å². The number of amides is 1. The van der Waals surface area contributed by atoms with E-state index >= 15 is 0 Å². The minimum Gasteiger partial charge on any atom is -0.298 e. The van der Waals surface area contributed by atoms with Gasteiger partial charge in [0.2, 0.25) is 0 Å². The fourth-order valence-corrected chi connectivity index (χ4v) is 2.79. The Bertz CT molecular complexity index is 879. The molecule has 0 aliphatic rings. The maximum Gasteiger partial charge on any atom is 0.257 e. The highest BCUT2D eigenvalue weighted by atomic mass is 35.5. The molecule has 0 fully saturated rings. The third-order valence-corrected chi connectivity index (χ3v) is 4.15. The van der Waals surface area contributed by atoms with Crippen molar-refractivity contribution < 1.29 is 4.79 Å². The lowest BCUT2D eigenvalue weighted by atomic mass is 10.1. The van der Waals surface area contributed by atoms with E-state index in [1.165, 1.54) is 11.3 Å². The molecule has 1 heterocycles. The molecule has 3 rings (SSSR count). The summed E-state index contributed by atoms with van der Waals surface area (Å²) in [6.07, 6.45) is 0. The van der Waals surface area contributed by atoms with Gasteiger partial charge in [-0.25, -0.2) is 4.98 Å². The number of anilines is 1. The Kier molecular flexibility index (Phi) is 4.38. The summed E-state index contributed by atoms with van der Waals surface area (Å²) in [4.78, 5) is 16.6. The molecule has 23 heavy (non-hydrogen) atoms. The summed E-state index contributed by atoms with van der Waals surface area (Å²) in [5.74, 6) is -0.258. The van der Waals surface area contributed by atoms with Crippen molar-refractivity contribution in [3.05, 3.63) is 70.1 Å². The van der Waals surface area contributed by atoms with Gasteiger partial charge >= 0.3 is 0 Å². The first-order valence-corrected chi connectivity index (χ1v) is 7.94. The second-order valence-corrected chi connectivity index (χ2v) is 5.98. The van der Waals surface area contributed by atoms with Crippen LogP contribution in [-0.4, -0.2) is 10.9 Å². The summed E-state index contributed by atoms with van der Waals surface area (Å²) in [6, 6.07) is 15.8. The van der Waals surface area contributed by atoms with Crippen LogP contribution in [0.5, 0.6) is 0 Å². The number of nitrogens with zero attached hydrogens (tertiary/aromatic N) is 2. The SMILES string of the molecule is N#Cc1ccc(C(=O)Nc2nc(-c3ccc(Cl)cc3)cs2)cc1. The van der Waals surface area contributed by atoms with Crippen molar-refractivity contribution in [3.63, 3.8) is 0 Å². The normalized spacial score (nSPS) is 10.1. The summed E-state index contributed by atoms with van der Waals surface area (Å²) >= 11 is 7.22. The van der Waals surface area contributed by atoms with Crippen LogP contribution in [0.25, 0.3) is 11.3 Å². The number of carbonyl (C=O) groups excluding carboxylic acids is 1. The van der Waals surface area contributed by atoms with Crippen molar-refractivity contribution in [2.45, 2.75) is 0 Å². The Labute approximate surface area is 142 Å². The number of thiazole rings is 1. The lowest BCUT2D eigenvalue weighted by Gasteiger charge is -2.01. The van der Waals surface area contributed by atoms with Crippen molar-refractivity contribution in [1.82, 2.24) is 4.98 Å². The molecule has 1 amide bonds. The molecule has 0 radical (unpaired) electrons. The average Bonchev–Trinajstić information content (AvgIpc) is 3.04. The molecular formula is C17H10ClN3OS. The molecule has 3 aromatic rings. The second-order valence-electron chi connectivity index (χ2n) is 4.69. The van der Waals surface area contributed by atoms with Crippen LogP contribution in [0.2, 0.25) is 5.02 Å². The fourth-order valence-electron chi connectivity index (χ4n) is 1.95. The van der Waals surface area contributed by atoms with Crippen LogP contribution < -0.4 is 5.32 Å². The first kappa shape index (κ1) is 15.2. The highest BCUT2D eigenvalue weighted by Crippen LogP contribution is 2.26. The zero-order valence-corrected chi connectivity index (χ0v) is 13.4. The van der Waals surface area contributed by atoms with Crippen molar-refractivity contribution in [2.75, 3.05) is 5.32 Å². The summed E-state index contributed by atoms with van der Waals surface area (Å²) < 4.78 is 0. The number of aromatic nitrogens is 1. The highest BCUT2D eigenvalue weighted by molar-refractivity contribution is 7.14. The fraction of sp³-hybridized carbons (Fsp3) is 0.